The molecule has 116 valence electrons. The Labute approximate surface area is 130 Å². The van der Waals surface area contributed by atoms with Crippen LogP contribution in [0.3, 0.4) is 0 Å². The molecular formula is C20H30O. The molecule has 0 radical (unpaired) electrons. The molecule has 2 aliphatic carbocycles. The van der Waals surface area contributed by atoms with Gasteiger partial charge in [0.25, 0.3) is 0 Å². The third kappa shape index (κ3) is 2.68. The van der Waals surface area contributed by atoms with Crippen LogP contribution in [0, 0.1) is 16.7 Å². The van der Waals surface area contributed by atoms with E-state index in [-0.39, 0.29) is 10.8 Å². The van der Waals surface area contributed by atoms with Gasteiger partial charge in [0.2, 0.25) is 0 Å². The van der Waals surface area contributed by atoms with Crippen molar-refractivity contribution in [3.8, 4) is 0 Å². The maximum atomic E-state index is 10.3. The average molecular weight is 286 g/mol. The smallest absolute Gasteiger partial charge is 0.0797 e. The van der Waals surface area contributed by atoms with E-state index < -0.39 is 5.60 Å². The minimum Gasteiger partial charge on any atom is -0.386 e. The predicted octanol–water partition coefficient (Wildman–Crippen LogP) is 5.20. The highest BCUT2D eigenvalue weighted by Gasteiger charge is 2.49. The van der Waals surface area contributed by atoms with Crippen LogP contribution >= 0.6 is 0 Å². The van der Waals surface area contributed by atoms with Crippen molar-refractivity contribution >= 4 is 0 Å². The van der Waals surface area contributed by atoms with Gasteiger partial charge in [0.05, 0.1) is 5.60 Å². The van der Waals surface area contributed by atoms with Crippen LogP contribution in [-0.2, 0) is 0 Å². The lowest BCUT2D eigenvalue weighted by molar-refractivity contribution is 0.0589. The molecule has 4 unspecified atom stereocenters. The third-order valence-corrected chi connectivity index (χ3v) is 6.25. The molecule has 0 spiro atoms. The first-order valence-corrected chi connectivity index (χ1v) is 8.04. The molecule has 2 aliphatic rings. The minimum atomic E-state index is -0.777. The molecule has 0 aromatic heterocycles. The van der Waals surface area contributed by atoms with Crippen molar-refractivity contribution in [2.75, 3.05) is 0 Å². The predicted molar refractivity (Wildman–Crippen MR) is 91.0 cm³/mol. The molecule has 0 saturated heterocycles. The fourth-order valence-corrected chi connectivity index (χ4v) is 3.97. The van der Waals surface area contributed by atoms with Gasteiger partial charge in [-0.15, -0.1) is 6.58 Å². The minimum absolute atomic E-state index is 0.103. The third-order valence-electron chi connectivity index (χ3n) is 6.25. The molecule has 1 N–H and O–H groups in total. The van der Waals surface area contributed by atoms with Gasteiger partial charge in [-0.2, -0.15) is 0 Å². The highest BCUT2D eigenvalue weighted by molar-refractivity contribution is 5.35. The molecule has 0 aromatic rings. The van der Waals surface area contributed by atoms with Gasteiger partial charge in [-0.05, 0) is 56.8 Å². The number of aliphatic hydroxyl groups is 1. The second kappa shape index (κ2) is 5.28. The maximum absolute atomic E-state index is 10.3. The second-order valence-corrected chi connectivity index (χ2v) is 7.70. The largest absolute Gasteiger partial charge is 0.386 e. The summed E-state index contributed by atoms with van der Waals surface area (Å²) in [5.41, 5.74) is 2.47. The summed E-state index contributed by atoms with van der Waals surface area (Å²) in [6, 6.07) is 0. The van der Waals surface area contributed by atoms with Crippen LogP contribution in [0.4, 0.5) is 0 Å². The van der Waals surface area contributed by atoms with Gasteiger partial charge in [0, 0.05) is 0 Å². The van der Waals surface area contributed by atoms with Crippen molar-refractivity contribution < 1.29 is 5.11 Å². The molecule has 0 bridgehead atoms. The van der Waals surface area contributed by atoms with Crippen LogP contribution in [0.15, 0.2) is 48.1 Å². The first-order valence-electron chi connectivity index (χ1n) is 8.04. The molecule has 4 atom stereocenters. The molecular weight excluding hydrogens is 256 g/mol. The Hall–Kier alpha value is -1.08. The monoisotopic (exact) mass is 286 g/mol. The van der Waals surface area contributed by atoms with Crippen molar-refractivity contribution in [1.82, 2.24) is 0 Å². The second-order valence-electron chi connectivity index (χ2n) is 7.70. The van der Waals surface area contributed by atoms with Crippen LogP contribution in [-0.4, -0.2) is 10.7 Å². The molecule has 0 fully saturated rings. The molecule has 0 heterocycles. The van der Waals surface area contributed by atoms with E-state index in [1.165, 1.54) is 11.1 Å². The topological polar surface area (TPSA) is 20.2 Å². The summed E-state index contributed by atoms with van der Waals surface area (Å²) in [7, 11) is 0. The van der Waals surface area contributed by atoms with E-state index in [9.17, 15) is 5.11 Å². The molecule has 21 heavy (non-hydrogen) atoms. The number of rotatable bonds is 4. The van der Waals surface area contributed by atoms with Gasteiger partial charge in [0.15, 0.2) is 0 Å². The Morgan fingerprint density at radius 3 is 2.67 bits per heavy atom. The Morgan fingerprint density at radius 2 is 2.05 bits per heavy atom. The Kier molecular flexibility index (Phi) is 4.10. The lowest BCUT2D eigenvalue weighted by Crippen LogP contribution is -2.44. The zero-order valence-electron chi connectivity index (χ0n) is 14.2. The molecule has 0 aromatic carbocycles. The van der Waals surface area contributed by atoms with Gasteiger partial charge in [-0.1, -0.05) is 55.4 Å². The van der Waals surface area contributed by atoms with Crippen LogP contribution in [0.1, 0.15) is 53.9 Å². The van der Waals surface area contributed by atoms with E-state index >= 15 is 0 Å². The molecule has 1 nitrogen and oxygen atoms in total. The highest BCUT2D eigenvalue weighted by atomic mass is 16.3. The SMILES string of the molecule is C=CC(C)(O)CCC1(C)C(C)=CCC2(C)C(C)=CC=CC21. The summed E-state index contributed by atoms with van der Waals surface area (Å²) < 4.78 is 0. The van der Waals surface area contributed by atoms with Gasteiger partial charge in [-0.25, -0.2) is 0 Å². The maximum Gasteiger partial charge on any atom is 0.0797 e. The lowest BCUT2D eigenvalue weighted by Gasteiger charge is -2.53. The van der Waals surface area contributed by atoms with E-state index in [2.05, 4.69) is 58.6 Å². The van der Waals surface area contributed by atoms with Crippen LogP contribution in [0.2, 0.25) is 0 Å². The van der Waals surface area contributed by atoms with Gasteiger partial charge < -0.3 is 5.11 Å². The standard InChI is InChI=1S/C20H30O/c1-7-18(4,21)13-14-20(6)16(3)11-12-19(5)15(2)9-8-10-17(19)20/h7-11,17,21H,1,12-14H2,2-6H3. The Balaban J connectivity index is 2.35. The van der Waals surface area contributed by atoms with E-state index in [4.69, 9.17) is 0 Å². The number of hydrogen-bond acceptors (Lipinski definition) is 1. The summed E-state index contributed by atoms with van der Waals surface area (Å²) in [6.45, 7) is 14.9. The van der Waals surface area contributed by atoms with E-state index in [0.717, 1.165) is 19.3 Å². The zero-order valence-corrected chi connectivity index (χ0v) is 14.2. The lowest BCUT2D eigenvalue weighted by atomic mass is 9.51. The van der Waals surface area contributed by atoms with Gasteiger partial charge in [0.1, 0.15) is 0 Å². The van der Waals surface area contributed by atoms with Crippen molar-refractivity contribution in [3.63, 3.8) is 0 Å². The van der Waals surface area contributed by atoms with E-state index in [0.29, 0.717) is 5.92 Å². The van der Waals surface area contributed by atoms with E-state index in [1.807, 2.05) is 6.92 Å². The Bertz CT molecular complexity index is 520. The van der Waals surface area contributed by atoms with E-state index in [1.54, 1.807) is 6.08 Å². The summed E-state index contributed by atoms with van der Waals surface area (Å²) >= 11 is 0. The summed E-state index contributed by atoms with van der Waals surface area (Å²) in [5.74, 6) is 0.501. The Morgan fingerprint density at radius 1 is 1.38 bits per heavy atom. The molecule has 0 aliphatic heterocycles. The highest BCUT2D eigenvalue weighted by Crippen LogP contribution is 2.58. The first-order chi connectivity index (χ1) is 9.66. The summed E-state index contributed by atoms with van der Waals surface area (Å²) in [4.78, 5) is 0. The van der Waals surface area contributed by atoms with Gasteiger partial charge >= 0.3 is 0 Å². The quantitative estimate of drug-likeness (QED) is 0.704. The van der Waals surface area contributed by atoms with Crippen LogP contribution < -0.4 is 0 Å². The van der Waals surface area contributed by atoms with Crippen LogP contribution in [0.25, 0.3) is 0 Å². The first kappa shape index (κ1) is 16.3. The molecule has 1 heteroatoms. The fourth-order valence-electron chi connectivity index (χ4n) is 3.97. The molecule has 2 rings (SSSR count). The molecule has 0 amide bonds. The zero-order chi connectivity index (χ0) is 15.9. The van der Waals surface area contributed by atoms with Crippen molar-refractivity contribution in [2.45, 2.75) is 59.5 Å². The van der Waals surface area contributed by atoms with Crippen molar-refractivity contribution in [2.24, 2.45) is 16.7 Å². The number of fused-ring (bicyclic) bond motifs is 1. The summed E-state index contributed by atoms with van der Waals surface area (Å²) in [5, 5.41) is 10.3. The average Bonchev–Trinajstić information content (AvgIpc) is 2.44. The molecule has 0 saturated carbocycles. The number of allylic oxidation sites excluding steroid dienone is 6. The number of hydrogen-bond donors (Lipinski definition) is 1. The van der Waals surface area contributed by atoms with Crippen molar-refractivity contribution in [1.29, 1.82) is 0 Å². The van der Waals surface area contributed by atoms with Crippen LogP contribution in [0.5, 0.6) is 0 Å². The van der Waals surface area contributed by atoms with Crippen molar-refractivity contribution in [3.05, 3.63) is 48.1 Å². The van der Waals surface area contributed by atoms with Gasteiger partial charge in [-0.3, -0.25) is 0 Å². The fraction of sp³-hybridized carbons (Fsp3) is 0.600. The summed E-state index contributed by atoms with van der Waals surface area (Å²) in [6.07, 6.45) is 13.8. The normalized spacial score (nSPS) is 38.1.